The fraction of sp³-hybridized carbons (Fsp3) is 0.435. The van der Waals surface area contributed by atoms with Gasteiger partial charge >= 0.3 is 0 Å². The molecule has 2 fully saturated rings. The number of nitrogens with zero attached hydrogens (tertiary/aromatic N) is 3. The number of rotatable bonds is 5. The second-order valence-electron chi connectivity index (χ2n) is 9.03. The Kier molecular flexibility index (Phi) is 5.05. The van der Waals surface area contributed by atoms with Crippen molar-refractivity contribution in [3.8, 4) is 0 Å². The number of carbonyl (C=O) groups is 1. The first-order chi connectivity index (χ1) is 15.2. The quantitative estimate of drug-likeness (QED) is 0.542. The third-order valence-corrected chi connectivity index (χ3v) is 8.82. The van der Waals surface area contributed by atoms with E-state index in [1.807, 2.05) is 12.1 Å². The third-order valence-electron chi connectivity index (χ3n) is 6.96. The zero-order valence-electron chi connectivity index (χ0n) is 17.9. The summed E-state index contributed by atoms with van der Waals surface area (Å²) in [7, 11) is -1.67. The van der Waals surface area contributed by atoms with Gasteiger partial charge in [-0.15, -0.1) is 0 Å². The molecular weight excluding hydrogens is 450 g/mol. The van der Waals surface area contributed by atoms with E-state index in [1.54, 1.807) is 31.0 Å². The number of amides is 1. The van der Waals surface area contributed by atoms with Crippen LogP contribution in [-0.4, -0.2) is 48.0 Å². The van der Waals surface area contributed by atoms with Crippen molar-refractivity contribution in [2.75, 3.05) is 12.8 Å². The molecule has 0 radical (unpaired) electrons. The number of oxazole rings is 1. The molecule has 0 atom stereocenters. The topological polar surface area (TPSA) is 93.4 Å². The molecule has 0 unspecified atom stereocenters. The Bertz CT molecular complexity index is 1310. The Hall–Kier alpha value is -2.45. The van der Waals surface area contributed by atoms with Crippen LogP contribution < -0.4 is 0 Å². The van der Waals surface area contributed by atoms with Crippen molar-refractivity contribution in [1.82, 2.24) is 14.9 Å². The second kappa shape index (κ2) is 7.56. The first-order valence-electron chi connectivity index (χ1n) is 10.7. The third kappa shape index (κ3) is 3.59. The van der Waals surface area contributed by atoms with E-state index in [-0.39, 0.29) is 28.1 Å². The molecule has 3 aromatic rings. The van der Waals surface area contributed by atoms with Gasteiger partial charge in [0.2, 0.25) is 0 Å². The van der Waals surface area contributed by atoms with Crippen LogP contribution in [0.1, 0.15) is 54.8 Å². The smallest absolute Gasteiger partial charge is 0.253 e. The fourth-order valence-electron chi connectivity index (χ4n) is 5.03. The summed E-state index contributed by atoms with van der Waals surface area (Å²) in [5.41, 5.74) is 2.13. The molecule has 1 aromatic carbocycles. The molecule has 2 heterocycles. The molecular formula is C23H24ClN3O4S. The van der Waals surface area contributed by atoms with Crippen LogP contribution >= 0.6 is 11.6 Å². The maximum atomic E-state index is 12.9. The molecule has 5 rings (SSSR count). The van der Waals surface area contributed by atoms with Gasteiger partial charge in [0.25, 0.3) is 5.91 Å². The highest BCUT2D eigenvalue weighted by atomic mass is 35.5. The maximum Gasteiger partial charge on any atom is 0.253 e. The van der Waals surface area contributed by atoms with E-state index in [2.05, 4.69) is 9.97 Å². The monoisotopic (exact) mass is 473 g/mol. The lowest BCUT2D eigenvalue weighted by Crippen LogP contribution is -2.56. The van der Waals surface area contributed by atoms with E-state index in [0.29, 0.717) is 16.5 Å². The lowest BCUT2D eigenvalue weighted by Gasteiger charge is -2.58. The van der Waals surface area contributed by atoms with Crippen LogP contribution in [0.25, 0.3) is 11.1 Å². The molecule has 1 spiro atoms. The number of hydrogen-bond acceptors (Lipinski definition) is 6. The van der Waals surface area contributed by atoms with Gasteiger partial charge in [-0.3, -0.25) is 4.79 Å². The summed E-state index contributed by atoms with van der Waals surface area (Å²) in [4.78, 5) is 23.2. The average Bonchev–Trinajstić information content (AvgIpc) is 3.13. The van der Waals surface area contributed by atoms with Crippen LogP contribution in [0.3, 0.4) is 0 Å². The van der Waals surface area contributed by atoms with Gasteiger partial charge in [-0.1, -0.05) is 18.5 Å². The molecule has 32 heavy (non-hydrogen) atoms. The van der Waals surface area contributed by atoms with E-state index < -0.39 is 9.84 Å². The van der Waals surface area contributed by atoms with E-state index in [9.17, 15) is 13.2 Å². The second-order valence-corrected chi connectivity index (χ2v) is 11.7. The lowest BCUT2D eigenvalue weighted by molar-refractivity contribution is -0.0572. The molecule has 9 heteroatoms. The molecule has 0 saturated heterocycles. The van der Waals surface area contributed by atoms with Crippen LogP contribution in [0.4, 0.5) is 0 Å². The minimum absolute atomic E-state index is 0.0487. The largest absolute Gasteiger partial charge is 0.440 e. The van der Waals surface area contributed by atoms with Crippen molar-refractivity contribution in [1.29, 1.82) is 0 Å². The van der Waals surface area contributed by atoms with E-state index in [1.165, 1.54) is 12.3 Å². The number of sulfone groups is 1. The lowest BCUT2D eigenvalue weighted by atomic mass is 9.49. The number of benzene rings is 1. The highest BCUT2D eigenvalue weighted by molar-refractivity contribution is 7.91. The van der Waals surface area contributed by atoms with Crippen molar-refractivity contribution in [2.45, 2.75) is 49.6 Å². The standard InChI is InChI=1S/C23H24ClN3O4S/c1-3-32(29,30)20-8-14(6-7-25-20)22(28)27(2)17-12-23(13-17)10-15(11-23)21-26-18-9-16(24)4-5-19(18)31-21/h4-9,15,17H,3,10-13H2,1-2H3. The Morgan fingerprint density at radius 2 is 1.97 bits per heavy atom. The molecule has 0 N–H and O–H groups in total. The number of carbonyl (C=O) groups excluding carboxylic acids is 1. The molecule has 168 valence electrons. The first kappa shape index (κ1) is 21.4. The molecule has 7 nitrogen and oxygen atoms in total. The van der Waals surface area contributed by atoms with Crippen LogP contribution in [0, 0.1) is 5.41 Å². The summed E-state index contributed by atoms with van der Waals surface area (Å²) < 4.78 is 30.1. The van der Waals surface area contributed by atoms with E-state index in [4.69, 9.17) is 16.0 Å². The van der Waals surface area contributed by atoms with Gasteiger partial charge < -0.3 is 9.32 Å². The molecule has 1 amide bonds. The van der Waals surface area contributed by atoms with Gasteiger partial charge in [0.1, 0.15) is 5.52 Å². The summed E-state index contributed by atoms with van der Waals surface area (Å²) in [6, 6.07) is 8.55. The van der Waals surface area contributed by atoms with E-state index in [0.717, 1.165) is 42.7 Å². The normalized spacial score (nSPS) is 24.8. The Balaban J connectivity index is 1.21. The van der Waals surface area contributed by atoms with Gasteiger partial charge in [-0.2, -0.15) is 0 Å². The van der Waals surface area contributed by atoms with Crippen LogP contribution in [0.2, 0.25) is 5.02 Å². The summed E-state index contributed by atoms with van der Waals surface area (Å²) >= 11 is 6.04. The number of fused-ring (bicyclic) bond motifs is 1. The van der Waals surface area contributed by atoms with Gasteiger partial charge in [0, 0.05) is 35.8 Å². The molecule has 2 aliphatic carbocycles. The Morgan fingerprint density at radius 1 is 1.22 bits per heavy atom. The fourth-order valence-corrected chi connectivity index (χ4v) is 6.02. The molecule has 2 aromatic heterocycles. The SMILES string of the molecule is CCS(=O)(=O)c1cc(C(=O)N(C)C2CC3(CC(c4nc5cc(Cl)ccc5o4)C3)C2)ccn1. The zero-order chi connectivity index (χ0) is 22.7. The average molecular weight is 474 g/mol. The van der Waals surface area contributed by atoms with Crippen molar-refractivity contribution in [3.05, 3.63) is 53.0 Å². The highest BCUT2D eigenvalue weighted by Gasteiger charge is 2.55. The highest BCUT2D eigenvalue weighted by Crippen LogP contribution is 2.62. The number of halogens is 1. The summed E-state index contributed by atoms with van der Waals surface area (Å²) in [6.45, 7) is 1.56. The first-order valence-corrected chi connectivity index (χ1v) is 12.7. The van der Waals surface area contributed by atoms with E-state index >= 15 is 0 Å². The zero-order valence-corrected chi connectivity index (χ0v) is 19.5. The molecule has 2 aliphatic rings. The summed E-state index contributed by atoms with van der Waals surface area (Å²) in [5.74, 6) is 0.839. The maximum absolute atomic E-state index is 12.9. The number of aromatic nitrogens is 2. The van der Waals surface area contributed by atoms with Gasteiger partial charge in [-0.05, 0) is 61.4 Å². The Labute approximate surface area is 191 Å². The molecule has 2 saturated carbocycles. The molecule has 0 bridgehead atoms. The van der Waals surface area contributed by atoms with Crippen molar-refractivity contribution in [3.63, 3.8) is 0 Å². The number of pyridine rings is 1. The van der Waals surface area contributed by atoms with Gasteiger partial charge in [-0.25, -0.2) is 18.4 Å². The minimum Gasteiger partial charge on any atom is -0.440 e. The minimum atomic E-state index is -3.45. The van der Waals surface area contributed by atoms with Gasteiger partial charge in [0.15, 0.2) is 26.3 Å². The van der Waals surface area contributed by atoms with Crippen LogP contribution in [0.15, 0.2) is 46.0 Å². The van der Waals surface area contributed by atoms with Crippen LogP contribution in [0.5, 0.6) is 0 Å². The summed E-state index contributed by atoms with van der Waals surface area (Å²) in [6.07, 6.45) is 5.25. The Morgan fingerprint density at radius 3 is 2.69 bits per heavy atom. The predicted molar refractivity (Wildman–Crippen MR) is 121 cm³/mol. The summed E-state index contributed by atoms with van der Waals surface area (Å²) in [5, 5.41) is 0.594. The van der Waals surface area contributed by atoms with Gasteiger partial charge in [0.05, 0.1) is 5.75 Å². The predicted octanol–water partition coefficient (Wildman–Crippen LogP) is 4.47. The van der Waals surface area contributed by atoms with Crippen molar-refractivity contribution in [2.24, 2.45) is 5.41 Å². The van der Waals surface area contributed by atoms with Crippen molar-refractivity contribution >= 4 is 38.4 Å². The van der Waals surface area contributed by atoms with Crippen molar-refractivity contribution < 1.29 is 17.6 Å². The molecule has 0 aliphatic heterocycles. The number of hydrogen-bond donors (Lipinski definition) is 0. The van der Waals surface area contributed by atoms with Crippen LogP contribution in [-0.2, 0) is 9.84 Å².